The van der Waals surface area contributed by atoms with Crippen LogP contribution in [0, 0.1) is 0 Å². The molecule has 2 heterocycles. The van der Waals surface area contributed by atoms with Crippen molar-refractivity contribution in [3.8, 4) is 0 Å². The van der Waals surface area contributed by atoms with Gasteiger partial charge >= 0.3 is 12.1 Å². The van der Waals surface area contributed by atoms with Crippen LogP contribution in [0.2, 0.25) is 0 Å². The van der Waals surface area contributed by atoms with Crippen LogP contribution in [0.15, 0.2) is 24.3 Å². The average Bonchev–Trinajstić information content (AvgIpc) is 2.89. The molecule has 0 radical (unpaired) electrons. The summed E-state index contributed by atoms with van der Waals surface area (Å²) in [6.07, 6.45) is -5.80. The van der Waals surface area contributed by atoms with Gasteiger partial charge in [-0.25, -0.2) is 4.79 Å². The number of carbonyl (C=O) groups is 2. The lowest BCUT2D eigenvalue weighted by molar-refractivity contribution is -0.207. The first-order valence-electron chi connectivity index (χ1n) is 7.64. The molecule has 2 N–H and O–H groups in total. The van der Waals surface area contributed by atoms with Gasteiger partial charge in [0.1, 0.15) is 6.54 Å². The molecular formula is C16H16F3N3O3. The number of carbonyl (C=O) groups excluding carboxylic acids is 2. The average molecular weight is 355 g/mol. The highest BCUT2D eigenvalue weighted by Gasteiger charge is 2.43. The van der Waals surface area contributed by atoms with Gasteiger partial charge in [-0.15, -0.1) is 0 Å². The van der Waals surface area contributed by atoms with Gasteiger partial charge < -0.3 is 14.6 Å². The maximum Gasteiger partial charge on any atom is 0.490 e. The largest absolute Gasteiger partial charge is 0.490 e. The molecule has 1 unspecified atom stereocenters. The van der Waals surface area contributed by atoms with E-state index in [1.54, 1.807) is 16.7 Å². The molecule has 0 saturated heterocycles. The van der Waals surface area contributed by atoms with Crippen molar-refractivity contribution in [3.63, 3.8) is 0 Å². The number of halogens is 3. The summed E-state index contributed by atoms with van der Waals surface area (Å²) in [6.45, 7) is 0.269. The molecule has 2 aromatic rings. The summed E-state index contributed by atoms with van der Waals surface area (Å²) in [7, 11) is 1.47. The summed E-state index contributed by atoms with van der Waals surface area (Å²) in [5.41, 5.74) is 1.85. The topological polar surface area (TPSA) is 72.4 Å². The monoisotopic (exact) mass is 355 g/mol. The zero-order valence-electron chi connectivity index (χ0n) is 13.3. The second-order valence-electron chi connectivity index (χ2n) is 5.63. The number of hydrogen-bond donors (Lipinski definition) is 2. The van der Waals surface area contributed by atoms with Gasteiger partial charge in [-0.2, -0.15) is 13.2 Å². The third-order valence-electron chi connectivity index (χ3n) is 4.11. The minimum absolute atomic E-state index is 0.0892. The van der Waals surface area contributed by atoms with E-state index in [0.29, 0.717) is 24.2 Å². The van der Waals surface area contributed by atoms with E-state index in [1.165, 1.54) is 7.05 Å². The number of alkyl halides is 3. The number of aromatic nitrogens is 1. The number of hydrogen-bond acceptors (Lipinski definition) is 4. The Hall–Kier alpha value is -2.55. The van der Waals surface area contributed by atoms with Gasteiger partial charge in [-0.3, -0.25) is 10.1 Å². The molecule has 6 nitrogen and oxygen atoms in total. The lowest BCUT2D eigenvalue weighted by Crippen LogP contribution is -2.38. The Balaban J connectivity index is 2.10. The molecule has 0 aliphatic carbocycles. The number of benzene rings is 1. The van der Waals surface area contributed by atoms with Gasteiger partial charge in [0.05, 0.1) is 5.69 Å². The number of fused-ring (bicyclic) bond motifs is 3. The molecule has 134 valence electrons. The zero-order valence-corrected chi connectivity index (χ0v) is 13.3. The third-order valence-corrected chi connectivity index (χ3v) is 4.11. The van der Waals surface area contributed by atoms with E-state index in [-0.39, 0.29) is 12.5 Å². The Labute approximate surface area is 140 Å². The Morgan fingerprint density at radius 1 is 1.36 bits per heavy atom. The van der Waals surface area contributed by atoms with E-state index < -0.39 is 18.4 Å². The van der Waals surface area contributed by atoms with Crippen LogP contribution in [0.1, 0.15) is 17.5 Å². The Morgan fingerprint density at radius 3 is 2.76 bits per heavy atom. The number of nitrogens with zero attached hydrogens (tertiary/aromatic N) is 1. The molecule has 0 bridgehead atoms. The summed E-state index contributed by atoms with van der Waals surface area (Å²) in [4.78, 5) is 23.1. The summed E-state index contributed by atoms with van der Waals surface area (Å²) >= 11 is 0. The van der Waals surface area contributed by atoms with Crippen LogP contribution in [-0.4, -0.2) is 36.2 Å². The summed E-state index contributed by atoms with van der Waals surface area (Å²) in [5.74, 6) is -2.58. The second-order valence-corrected chi connectivity index (χ2v) is 5.63. The fourth-order valence-electron chi connectivity index (χ4n) is 3.05. The van der Waals surface area contributed by atoms with Crippen LogP contribution >= 0.6 is 0 Å². The van der Waals surface area contributed by atoms with Crippen molar-refractivity contribution in [2.45, 2.75) is 25.4 Å². The molecular weight excluding hydrogens is 339 g/mol. The standard InChI is InChI=1S/C16H16F3N3O3/c1-20-12(23)8-22-11-5-3-2-4-9(11)10-6-7-21-14(13(10)22)25-15(24)16(17,18)19/h2-5,14,21H,6-8H2,1H3,(H,20,23). The molecule has 1 atom stereocenters. The number of amides is 1. The predicted octanol–water partition coefficient (Wildman–Crippen LogP) is 1.64. The number of esters is 1. The van der Waals surface area contributed by atoms with E-state index in [0.717, 1.165) is 10.9 Å². The van der Waals surface area contributed by atoms with Crippen LogP contribution in [0.25, 0.3) is 10.9 Å². The second kappa shape index (κ2) is 6.40. The molecule has 1 aromatic carbocycles. The number of likely N-dealkylation sites (N-methyl/N-ethyl adjacent to an activating group) is 1. The molecule has 9 heteroatoms. The maximum absolute atomic E-state index is 12.6. The predicted molar refractivity (Wildman–Crippen MR) is 82.6 cm³/mol. The first-order valence-corrected chi connectivity index (χ1v) is 7.64. The van der Waals surface area contributed by atoms with Crippen molar-refractivity contribution >= 4 is 22.8 Å². The summed E-state index contributed by atoms with van der Waals surface area (Å²) < 4.78 is 44.0. The third kappa shape index (κ3) is 3.19. The van der Waals surface area contributed by atoms with Crippen molar-refractivity contribution < 1.29 is 27.5 Å². The van der Waals surface area contributed by atoms with Crippen LogP contribution in [-0.2, 0) is 27.3 Å². The Kier molecular flexibility index (Phi) is 4.42. The van der Waals surface area contributed by atoms with Gasteiger partial charge in [-0.05, 0) is 18.1 Å². The highest BCUT2D eigenvalue weighted by molar-refractivity contribution is 5.88. The van der Waals surface area contributed by atoms with E-state index in [2.05, 4.69) is 15.4 Å². The molecule has 1 aromatic heterocycles. The summed E-state index contributed by atoms with van der Waals surface area (Å²) in [5, 5.41) is 6.09. The molecule has 1 aliphatic rings. The number of rotatable bonds is 3. The quantitative estimate of drug-likeness (QED) is 0.821. The highest BCUT2D eigenvalue weighted by Crippen LogP contribution is 2.34. The van der Waals surface area contributed by atoms with Crippen molar-refractivity contribution in [3.05, 3.63) is 35.5 Å². The first-order chi connectivity index (χ1) is 11.8. The van der Waals surface area contributed by atoms with E-state index in [9.17, 15) is 22.8 Å². The van der Waals surface area contributed by atoms with Crippen molar-refractivity contribution in [1.29, 1.82) is 0 Å². The van der Waals surface area contributed by atoms with Crippen LogP contribution in [0.4, 0.5) is 13.2 Å². The van der Waals surface area contributed by atoms with E-state index >= 15 is 0 Å². The lowest BCUT2D eigenvalue weighted by Gasteiger charge is -2.26. The fourth-order valence-corrected chi connectivity index (χ4v) is 3.05. The van der Waals surface area contributed by atoms with Crippen LogP contribution < -0.4 is 10.6 Å². The van der Waals surface area contributed by atoms with E-state index in [1.807, 2.05) is 12.1 Å². The highest BCUT2D eigenvalue weighted by atomic mass is 19.4. The molecule has 1 amide bonds. The zero-order chi connectivity index (χ0) is 18.2. The van der Waals surface area contributed by atoms with Gasteiger partial charge in [0.25, 0.3) is 0 Å². The number of ether oxygens (including phenoxy) is 1. The van der Waals surface area contributed by atoms with Crippen LogP contribution in [0.5, 0.6) is 0 Å². The minimum atomic E-state index is -5.09. The number of nitrogens with one attached hydrogen (secondary N) is 2. The molecule has 0 saturated carbocycles. The SMILES string of the molecule is CNC(=O)Cn1c2c(c3ccccc31)CCNC2OC(=O)C(F)(F)F. The Morgan fingerprint density at radius 2 is 2.08 bits per heavy atom. The summed E-state index contributed by atoms with van der Waals surface area (Å²) in [6, 6.07) is 7.20. The Bertz CT molecular complexity index is 829. The molecule has 0 spiro atoms. The van der Waals surface area contributed by atoms with Gasteiger partial charge in [0.15, 0.2) is 6.23 Å². The van der Waals surface area contributed by atoms with Crippen molar-refractivity contribution in [2.75, 3.05) is 13.6 Å². The molecule has 3 rings (SSSR count). The van der Waals surface area contributed by atoms with Crippen molar-refractivity contribution in [2.24, 2.45) is 0 Å². The molecule has 0 fully saturated rings. The molecule has 25 heavy (non-hydrogen) atoms. The number of para-hydroxylation sites is 1. The van der Waals surface area contributed by atoms with Crippen LogP contribution in [0.3, 0.4) is 0 Å². The normalized spacial score (nSPS) is 17.2. The first kappa shape index (κ1) is 17.3. The van der Waals surface area contributed by atoms with Gasteiger partial charge in [-0.1, -0.05) is 18.2 Å². The lowest BCUT2D eigenvalue weighted by atomic mass is 10.0. The van der Waals surface area contributed by atoms with Crippen molar-refractivity contribution in [1.82, 2.24) is 15.2 Å². The minimum Gasteiger partial charge on any atom is -0.434 e. The molecule has 1 aliphatic heterocycles. The van der Waals surface area contributed by atoms with Gasteiger partial charge in [0.2, 0.25) is 5.91 Å². The van der Waals surface area contributed by atoms with E-state index in [4.69, 9.17) is 0 Å². The maximum atomic E-state index is 12.6. The fraction of sp³-hybridized carbons (Fsp3) is 0.375. The smallest absolute Gasteiger partial charge is 0.434 e. The van der Waals surface area contributed by atoms with Gasteiger partial charge in [0, 0.05) is 24.5 Å².